The summed E-state index contributed by atoms with van der Waals surface area (Å²) in [5.74, 6) is 0. The average Bonchev–Trinajstić information content (AvgIpc) is 2.60. The van der Waals surface area contributed by atoms with E-state index in [0.717, 1.165) is 15.8 Å². The number of fused-ring (bicyclic) bond motifs is 1. The van der Waals surface area contributed by atoms with Crippen LogP contribution >= 0.6 is 0 Å². The van der Waals surface area contributed by atoms with Crippen LogP contribution in [0, 0.1) is 0 Å². The minimum absolute atomic E-state index is 0.0352. The number of hydrogen-bond donors (Lipinski definition) is 0. The Labute approximate surface area is 169 Å². The molecule has 148 valence electrons. The molecule has 2 aromatic carbocycles. The fourth-order valence-electron chi connectivity index (χ4n) is 3.09. The van der Waals surface area contributed by atoms with Gasteiger partial charge in [0, 0.05) is 22.7 Å². The van der Waals surface area contributed by atoms with Gasteiger partial charge in [-0.3, -0.25) is 4.98 Å². The summed E-state index contributed by atoms with van der Waals surface area (Å²) >= 11 is 0. The van der Waals surface area contributed by atoms with Crippen LogP contribution in [0.25, 0.3) is 10.9 Å². The maximum atomic E-state index is 13.8. The molecule has 28 heavy (non-hydrogen) atoms. The molecule has 0 amide bonds. The first kappa shape index (κ1) is 20.5. The fraction of sp³-hybridized carbons (Fsp3) is 0.375. The van der Waals surface area contributed by atoms with Gasteiger partial charge in [0.1, 0.15) is 0 Å². The van der Waals surface area contributed by atoms with Crippen LogP contribution in [0.4, 0.5) is 5.69 Å². The molecule has 1 heterocycles. The summed E-state index contributed by atoms with van der Waals surface area (Å²) in [6, 6.07) is 16.1. The van der Waals surface area contributed by atoms with E-state index in [-0.39, 0.29) is 10.8 Å². The van der Waals surface area contributed by atoms with Crippen molar-refractivity contribution in [3.8, 4) is 0 Å². The molecule has 0 aliphatic rings. The molecule has 0 aliphatic carbocycles. The topological polar surface area (TPSA) is 42.3 Å². The van der Waals surface area contributed by atoms with Crippen molar-refractivity contribution in [1.82, 2.24) is 4.98 Å². The number of pyridine rings is 1. The molecule has 1 atom stereocenters. The van der Waals surface area contributed by atoms with Gasteiger partial charge in [-0.1, -0.05) is 65.8 Å². The first-order chi connectivity index (χ1) is 12.9. The molecule has 0 radical (unpaired) electrons. The van der Waals surface area contributed by atoms with E-state index >= 15 is 0 Å². The molecule has 4 heteroatoms. The lowest BCUT2D eigenvalue weighted by molar-refractivity contribution is 0.565. The Balaban J connectivity index is 2.26. The summed E-state index contributed by atoms with van der Waals surface area (Å²) < 4.78 is 18.5. The Hall–Kier alpha value is -2.20. The highest BCUT2D eigenvalue weighted by Crippen LogP contribution is 2.33. The minimum atomic E-state index is -2.64. The van der Waals surface area contributed by atoms with Gasteiger partial charge in [-0.05, 0) is 46.2 Å². The predicted octanol–water partition coefficient (Wildman–Crippen LogP) is 6.62. The molecular formula is C24H30N2OS. The van der Waals surface area contributed by atoms with Crippen molar-refractivity contribution in [3.63, 3.8) is 0 Å². The molecule has 0 spiro atoms. The van der Waals surface area contributed by atoms with Crippen LogP contribution in [0.3, 0.4) is 0 Å². The molecular weight excluding hydrogens is 364 g/mol. The number of para-hydroxylation sites is 1. The largest absolute Gasteiger partial charge is 0.254 e. The SMILES string of the molecule is CC(C)(C)c1cc(C(C)(C)C)cc(S(C)(=O)=Nc2cccc3cccnc23)c1. The fourth-order valence-corrected chi connectivity index (χ4v) is 4.41. The molecule has 0 N–H and O–H groups in total. The number of aromatic nitrogens is 1. The third kappa shape index (κ3) is 4.27. The Kier molecular flexibility index (Phi) is 5.13. The number of nitrogens with zero attached hydrogens (tertiary/aromatic N) is 2. The summed E-state index contributed by atoms with van der Waals surface area (Å²) in [4.78, 5) is 5.23. The van der Waals surface area contributed by atoms with Crippen molar-refractivity contribution in [1.29, 1.82) is 0 Å². The van der Waals surface area contributed by atoms with Gasteiger partial charge in [0.15, 0.2) is 0 Å². The second kappa shape index (κ2) is 7.00. The summed E-state index contributed by atoms with van der Waals surface area (Å²) in [7, 11) is -2.64. The molecule has 0 aliphatic heterocycles. The van der Waals surface area contributed by atoms with Crippen LogP contribution in [0.1, 0.15) is 52.7 Å². The molecule has 1 unspecified atom stereocenters. The highest BCUT2D eigenvalue weighted by Gasteiger charge is 2.22. The van der Waals surface area contributed by atoms with Gasteiger partial charge in [-0.15, -0.1) is 0 Å². The molecule has 3 rings (SSSR count). The predicted molar refractivity (Wildman–Crippen MR) is 120 cm³/mol. The van der Waals surface area contributed by atoms with E-state index < -0.39 is 9.73 Å². The van der Waals surface area contributed by atoms with E-state index in [1.54, 1.807) is 12.5 Å². The first-order valence-electron chi connectivity index (χ1n) is 9.60. The van der Waals surface area contributed by atoms with Gasteiger partial charge in [0.2, 0.25) is 0 Å². The highest BCUT2D eigenvalue weighted by molar-refractivity contribution is 7.93. The number of hydrogen-bond acceptors (Lipinski definition) is 3. The molecule has 0 fully saturated rings. The van der Waals surface area contributed by atoms with Crippen LogP contribution in [0.15, 0.2) is 64.0 Å². The zero-order valence-corrected chi connectivity index (χ0v) is 18.7. The third-order valence-corrected chi connectivity index (χ3v) is 6.62. The van der Waals surface area contributed by atoms with E-state index in [4.69, 9.17) is 4.36 Å². The summed E-state index contributed by atoms with van der Waals surface area (Å²) in [5.41, 5.74) is 3.73. The number of benzene rings is 2. The molecule has 3 aromatic rings. The molecule has 3 nitrogen and oxygen atoms in total. The van der Waals surface area contributed by atoms with E-state index in [9.17, 15) is 4.21 Å². The Morgan fingerprint density at radius 3 is 2.00 bits per heavy atom. The van der Waals surface area contributed by atoms with Crippen molar-refractivity contribution in [2.24, 2.45) is 4.36 Å². The molecule has 0 saturated heterocycles. The summed E-state index contributed by atoms with van der Waals surface area (Å²) in [5, 5.41) is 0.998. The van der Waals surface area contributed by atoms with Gasteiger partial charge < -0.3 is 0 Å². The minimum Gasteiger partial charge on any atom is -0.254 e. The van der Waals surface area contributed by atoms with E-state index in [2.05, 4.69) is 64.7 Å². The lowest BCUT2D eigenvalue weighted by Crippen LogP contribution is -2.17. The lowest BCUT2D eigenvalue weighted by Gasteiger charge is -2.26. The molecule has 0 saturated carbocycles. The second-order valence-corrected chi connectivity index (χ2v) is 11.8. The lowest BCUT2D eigenvalue weighted by atomic mass is 9.81. The van der Waals surface area contributed by atoms with Crippen molar-refractivity contribution in [2.45, 2.75) is 57.3 Å². The van der Waals surface area contributed by atoms with E-state index in [1.807, 2.05) is 30.3 Å². The van der Waals surface area contributed by atoms with Crippen LogP contribution in [-0.4, -0.2) is 15.4 Å². The maximum Gasteiger partial charge on any atom is 0.0996 e. The zero-order chi connectivity index (χ0) is 20.7. The van der Waals surface area contributed by atoms with Crippen LogP contribution < -0.4 is 0 Å². The Morgan fingerprint density at radius 1 is 0.857 bits per heavy atom. The van der Waals surface area contributed by atoms with Gasteiger partial charge in [-0.2, -0.15) is 4.36 Å². The van der Waals surface area contributed by atoms with Gasteiger partial charge in [0.25, 0.3) is 0 Å². The van der Waals surface area contributed by atoms with Crippen molar-refractivity contribution < 1.29 is 4.21 Å². The standard InChI is InChI=1S/C24H30N2OS/c1-23(2,3)18-14-19(24(4,5)6)16-20(15-18)28(7,27)26-21-12-8-10-17-11-9-13-25-22(17)21/h8-16H,1-7H3. The van der Waals surface area contributed by atoms with Crippen LogP contribution in [0.2, 0.25) is 0 Å². The van der Waals surface area contributed by atoms with Gasteiger partial charge in [-0.25, -0.2) is 4.21 Å². The monoisotopic (exact) mass is 394 g/mol. The van der Waals surface area contributed by atoms with E-state index in [0.29, 0.717) is 5.69 Å². The maximum absolute atomic E-state index is 13.8. The highest BCUT2D eigenvalue weighted by atomic mass is 32.2. The molecule has 1 aromatic heterocycles. The Bertz CT molecular complexity index is 1100. The van der Waals surface area contributed by atoms with Crippen molar-refractivity contribution in [2.75, 3.05) is 6.26 Å². The van der Waals surface area contributed by atoms with Gasteiger partial charge in [0.05, 0.1) is 20.9 Å². The quantitative estimate of drug-likeness (QED) is 0.490. The summed E-state index contributed by atoms with van der Waals surface area (Å²) in [6.07, 6.45) is 3.47. The number of rotatable bonds is 2. The molecule has 0 bridgehead atoms. The van der Waals surface area contributed by atoms with Crippen LogP contribution in [0.5, 0.6) is 0 Å². The van der Waals surface area contributed by atoms with Crippen molar-refractivity contribution in [3.05, 3.63) is 65.9 Å². The van der Waals surface area contributed by atoms with Crippen LogP contribution in [-0.2, 0) is 20.6 Å². The first-order valence-corrected chi connectivity index (χ1v) is 11.5. The van der Waals surface area contributed by atoms with Gasteiger partial charge >= 0.3 is 0 Å². The normalized spacial score (nSPS) is 14.7. The summed E-state index contributed by atoms with van der Waals surface area (Å²) in [6.45, 7) is 13.1. The Morgan fingerprint density at radius 2 is 1.43 bits per heavy atom. The zero-order valence-electron chi connectivity index (χ0n) is 17.9. The van der Waals surface area contributed by atoms with E-state index in [1.165, 1.54) is 11.1 Å². The third-order valence-electron chi connectivity index (χ3n) is 4.96. The smallest absolute Gasteiger partial charge is 0.0996 e. The average molecular weight is 395 g/mol. The second-order valence-electron chi connectivity index (χ2n) is 9.49. The van der Waals surface area contributed by atoms with Crippen molar-refractivity contribution >= 4 is 26.3 Å².